The molecule has 4 heteroatoms. The minimum absolute atomic E-state index is 0.137. The summed E-state index contributed by atoms with van der Waals surface area (Å²) in [7, 11) is 1.83. The zero-order chi connectivity index (χ0) is 13.4. The van der Waals surface area contributed by atoms with Gasteiger partial charge in [-0.05, 0) is 12.1 Å². The highest BCUT2D eigenvalue weighted by atomic mass is 16.2. The largest absolute Gasteiger partial charge is 0.345 e. The molecule has 0 radical (unpaired) electrons. The van der Waals surface area contributed by atoms with Crippen LogP contribution >= 0.6 is 0 Å². The fraction of sp³-hybridized carbons (Fsp3) is 0.333. The maximum Gasteiger partial charge on any atom is 0.223 e. The summed E-state index contributed by atoms with van der Waals surface area (Å²) in [4.78, 5) is 18.1. The molecule has 1 aromatic carbocycles. The smallest absolute Gasteiger partial charge is 0.223 e. The Kier molecular flexibility index (Phi) is 2.75. The van der Waals surface area contributed by atoms with Crippen molar-refractivity contribution in [1.29, 1.82) is 0 Å². The average Bonchev–Trinajstić information content (AvgIpc) is 2.92. The molecule has 0 saturated carbocycles. The van der Waals surface area contributed by atoms with Gasteiger partial charge in [0.2, 0.25) is 5.91 Å². The van der Waals surface area contributed by atoms with Crippen LogP contribution in [0.15, 0.2) is 24.3 Å². The molecule has 1 atom stereocenters. The molecule has 0 aliphatic carbocycles. The molecule has 3 rings (SSSR count). The van der Waals surface area contributed by atoms with Crippen LogP contribution in [-0.2, 0) is 11.3 Å². The van der Waals surface area contributed by atoms with Gasteiger partial charge in [0, 0.05) is 25.9 Å². The molecular weight excluding hydrogens is 238 g/mol. The maximum absolute atomic E-state index is 11.7. The van der Waals surface area contributed by atoms with Crippen molar-refractivity contribution in [1.82, 2.24) is 14.5 Å². The Morgan fingerprint density at radius 3 is 2.95 bits per heavy atom. The van der Waals surface area contributed by atoms with E-state index in [-0.39, 0.29) is 11.8 Å². The summed E-state index contributed by atoms with van der Waals surface area (Å²) in [6.45, 7) is 1.21. The van der Waals surface area contributed by atoms with Crippen LogP contribution in [-0.4, -0.2) is 34.0 Å². The fourth-order valence-corrected chi connectivity index (χ4v) is 2.70. The number of para-hydroxylation sites is 2. The second-order valence-corrected chi connectivity index (χ2v) is 4.92. The Labute approximate surface area is 112 Å². The zero-order valence-corrected chi connectivity index (χ0v) is 10.8. The first-order chi connectivity index (χ1) is 9.20. The lowest BCUT2D eigenvalue weighted by molar-refractivity contribution is -0.126. The van der Waals surface area contributed by atoms with Crippen LogP contribution in [0.25, 0.3) is 11.0 Å². The van der Waals surface area contributed by atoms with E-state index in [4.69, 9.17) is 6.42 Å². The SMILES string of the molecule is C#CCn1c([C@H]2CC(=O)N(C)C2)nc2ccccc21. The second kappa shape index (κ2) is 4.43. The highest BCUT2D eigenvalue weighted by Gasteiger charge is 2.31. The summed E-state index contributed by atoms with van der Waals surface area (Å²) < 4.78 is 2.05. The lowest BCUT2D eigenvalue weighted by atomic mass is 10.1. The number of nitrogens with zero attached hydrogens (tertiary/aromatic N) is 3. The number of benzene rings is 1. The Morgan fingerprint density at radius 2 is 2.26 bits per heavy atom. The van der Waals surface area contributed by atoms with Crippen molar-refractivity contribution in [3.05, 3.63) is 30.1 Å². The third kappa shape index (κ3) is 1.88. The quantitative estimate of drug-likeness (QED) is 0.763. The third-order valence-corrected chi connectivity index (χ3v) is 3.64. The van der Waals surface area contributed by atoms with Crippen molar-refractivity contribution < 1.29 is 4.79 Å². The summed E-state index contributed by atoms with van der Waals surface area (Å²) in [5.74, 6) is 3.91. The van der Waals surface area contributed by atoms with Crippen molar-refractivity contribution in [2.75, 3.05) is 13.6 Å². The summed E-state index contributed by atoms with van der Waals surface area (Å²) in [6.07, 6.45) is 5.98. The zero-order valence-electron chi connectivity index (χ0n) is 10.8. The van der Waals surface area contributed by atoms with Crippen molar-refractivity contribution >= 4 is 16.9 Å². The fourth-order valence-electron chi connectivity index (χ4n) is 2.70. The number of likely N-dealkylation sites (tertiary alicyclic amines) is 1. The maximum atomic E-state index is 11.7. The summed E-state index contributed by atoms with van der Waals surface area (Å²) in [6, 6.07) is 7.94. The highest BCUT2D eigenvalue weighted by molar-refractivity contribution is 5.80. The molecular formula is C15H15N3O. The van der Waals surface area contributed by atoms with Crippen LogP contribution in [0, 0.1) is 12.3 Å². The average molecular weight is 253 g/mol. The molecule has 2 heterocycles. The van der Waals surface area contributed by atoms with Crippen LogP contribution in [0.1, 0.15) is 18.2 Å². The lowest BCUT2D eigenvalue weighted by Gasteiger charge is -2.11. The number of fused-ring (bicyclic) bond motifs is 1. The molecule has 19 heavy (non-hydrogen) atoms. The van der Waals surface area contributed by atoms with Crippen LogP contribution in [0.4, 0.5) is 0 Å². The summed E-state index contributed by atoms with van der Waals surface area (Å²) in [5.41, 5.74) is 1.98. The van der Waals surface area contributed by atoms with E-state index in [0.717, 1.165) is 16.9 Å². The van der Waals surface area contributed by atoms with Crippen LogP contribution in [0.3, 0.4) is 0 Å². The van der Waals surface area contributed by atoms with Gasteiger partial charge in [0.25, 0.3) is 0 Å². The van der Waals surface area contributed by atoms with E-state index >= 15 is 0 Å². The molecule has 96 valence electrons. The number of carbonyl (C=O) groups is 1. The monoisotopic (exact) mass is 253 g/mol. The van der Waals surface area contributed by atoms with Crippen LogP contribution in [0.5, 0.6) is 0 Å². The van der Waals surface area contributed by atoms with Gasteiger partial charge in [-0.15, -0.1) is 6.42 Å². The molecule has 1 aliphatic heterocycles. The lowest BCUT2D eigenvalue weighted by Crippen LogP contribution is -2.19. The standard InChI is InChI=1S/C15H15N3O/c1-3-8-18-13-7-5-4-6-12(13)16-15(18)11-9-14(19)17(2)10-11/h1,4-7,11H,8-10H2,2H3/t11-/m0/s1. The molecule has 1 aliphatic rings. The molecule has 0 bridgehead atoms. The highest BCUT2D eigenvalue weighted by Crippen LogP contribution is 2.29. The molecule has 2 aromatic rings. The van der Waals surface area contributed by atoms with Crippen LogP contribution < -0.4 is 0 Å². The van der Waals surface area contributed by atoms with Crippen molar-refractivity contribution in [3.63, 3.8) is 0 Å². The number of rotatable bonds is 2. The predicted molar refractivity (Wildman–Crippen MR) is 73.6 cm³/mol. The number of amides is 1. The topological polar surface area (TPSA) is 38.1 Å². The number of likely N-dealkylation sites (N-methyl/N-ethyl adjacent to an activating group) is 1. The van der Waals surface area contributed by atoms with Gasteiger partial charge in [-0.1, -0.05) is 18.1 Å². The van der Waals surface area contributed by atoms with E-state index in [1.165, 1.54) is 0 Å². The molecule has 4 nitrogen and oxygen atoms in total. The molecule has 1 aromatic heterocycles. The number of terminal acetylenes is 1. The minimum atomic E-state index is 0.137. The number of aromatic nitrogens is 2. The number of hydrogen-bond donors (Lipinski definition) is 0. The first kappa shape index (κ1) is 11.8. The molecule has 1 amide bonds. The second-order valence-electron chi connectivity index (χ2n) is 4.92. The molecule has 0 N–H and O–H groups in total. The van der Waals surface area contributed by atoms with Gasteiger partial charge in [0.15, 0.2) is 0 Å². The number of imidazole rings is 1. The molecule has 1 fully saturated rings. The predicted octanol–water partition coefficient (Wildman–Crippen LogP) is 1.62. The summed E-state index contributed by atoms with van der Waals surface area (Å²) in [5, 5.41) is 0. The van der Waals surface area contributed by atoms with Crippen molar-refractivity contribution in [3.8, 4) is 12.3 Å². The van der Waals surface area contributed by atoms with Gasteiger partial charge < -0.3 is 9.47 Å². The van der Waals surface area contributed by atoms with Gasteiger partial charge in [0.1, 0.15) is 5.82 Å². The van der Waals surface area contributed by atoms with Gasteiger partial charge in [-0.2, -0.15) is 0 Å². The van der Waals surface area contributed by atoms with Gasteiger partial charge in [-0.3, -0.25) is 4.79 Å². The Balaban J connectivity index is 2.10. The number of hydrogen-bond acceptors (Lipinski definition) is 2. The van der Waals surface area contributed by atoms with E-state index in [9.17, 15) is 4.79 Å². The Bertz CT molecular complexity index is 680. The van der Waals surface area contributed by atoms with Crippen LogP contribution in [0.2, 0.25) is 0 Å². The van der Waals surface area contributed by atoms with E-state index in [1.807, 2.05) is 35.9 Å². The summed E-state index contributed by atoms with van der Waals surface area (Å²) >= 11 is 0. The molecule has 1 saturated heterocycles. The van der Waals surface area contributed by atoms with E-state index in [2.05, 4.69) is 10.9 Å². The first-order valence-corrected chi connectivity index (χ1v) is 6.33. The Morgan fingerprint density at radius 1 is 1.47 bits per heavy atom. The van der Waals surface area contributed by atoms with Gasteiger partial charge in [0.05, 0.1) is 17.6 Å². The van der Waals surface area contributed by atoms with Crippen molar-refractivity contribution in [2.45, 2.75) is 18.9 Å². The normalized spacial score (nSPS) is 19.1. The third-order valence-electron chi connectivity index (χ3n) is 3.64. The van der Waals surface area contributed by atoms with Gasteiger partial charge in [-0.25, -0.2) is 4.98 Å². The first-order valence-electron chi connectivity index (χ1n) is 6.33. The van der Waals surface area contributed by atoms with Crippen molar-refractivity contribution in [2.24, 2.45) is 0 Å². The van der Waals surface area contributed by atoms with E-state index in [1.54, 1.807) is 4.90 Å². The molecule has 0 spiro atoms. The minimum Gasteiger partial charge on any atom is -0.345 e. The number of carbonyl (C=O) groups excluding carboxylic acids is 1. The van der Waals surface area contributed by atoms with Gasteiger partial charge >= 0.3 is 0 Å². The van der Waals surface area contributed by atoms with E-state index < -0.39 is 0 Å². The Hall–Kier alpha value is -2.28. The van der Waals surface area contributed by atoms with E-state index in [0.29, 0.717) is 19.5 Å². The molecule has 0 unspecified atom stereocenters.